The molecule has 0 radical (unpaired) electrons. The highest BCUT2D eigenvalue weighted by molar-refractivity contribution is 8.15. The van der Waals surface area contributed by atoms with Crippen LogP contribution in [0.25, 0.3) is 0 Å². The quantitative estimate of drug-likeness (QED) is 0.581. The molecule has 0 bridgehead atoms. The number of nitrogens with zero attached hydrogens (tertiary/aromatic N) is 2. The number of hydrogen-bond donors (Lipinski definition) is 2. The summed E-state index contributed by atoms with van der Waals surface area (Å²) >= 11 is 1.12. The molecule has 2 aromatic carbocycles. The number of halogens is 1. The van der Waals surface area contributed by atoms with Gasteiger partial charge in [0, 0.05) is 18.2 Å². The SMILES string of the molecule is COc1cccc(NC(=O)[C@@H]2CC(=O)N/C(=N\N=C(\C)c3ccc(F)cc3)S2)c1. The zero-order valence-corrected chi connectivity index (χ0v) is 16.6. The lowest BCUT2D eigenvalue weighted by molar-refractivity contribution is -0.123. The molecular formula is C20H19FN4O3S. The van der Waals surface area contributed by atoms with E-state index in [9.17, 15) is 14.0 Å². The second kappa shape index (κ2) is 9.33. The van der Waals surface area contributed by atoms with Crippen LogP contribution in [0.1, 0.15) is 18.9 Å². The minimum atomic E-state index is -0.643. The third-order valence-corrected chi connectivity index (χ3v) is 5.13. The fourth-order valence-corrected chi connectivity index (χ4v) is 3.46. The topological polar surface area (TPSA) is 92.1 Å². The first-order chi connectivity index (χ1) is 13.9. The van der Waals surface area contributed by atoms with Crippen molar-refractivity contribution >= 4 is 40.1 Å². The molecule has 2 aromatic rings. The van der Waals surface area contributed by atoms with Crippen LogP contribution in [0.2, 0.25) is 0 Å². The van der Waals surface area contributed by atoms with Crippen LogP contribution < -0.4 is 15.4 Å². The second-order valence-electron chi connectivity index (χ2n) is 6.18. The van der Waals surface area contributed by atoms with Crippen LogP contribution >= 0.6 is 11.8 Å². The standard InChI is InChI=1S/C20H19FN4O3S/c1-12(13-6-8-14(21)9-7-13)24-25-20-23-18(26)11-17(29-20)19(27)22-15-4-3-5-16(10-15)28-2/h3-10,17H,11H2,1-2H3,(H,22,27)(H,23,25,26)/b24-12-/t17-/m0/s1. The highest BCUT2D eigenvalue weighted by Crippen LogP contribution is 2.24. The summed E-state index contributed by atoms with van der Waals surface area (Å²) in [5, 5.41) is 13.1. The van der Waals surface area contributed by atoms with Crippen molar-refractivity contribution in [2.24, 2.45) is 10.2 Å². The summed E-state index contributed by atoms with van der Waals surface area (Å²) in [4.78, 5) is 24.6. The molecule has 29 heavy (non-hydrogen) atoms. The molecule has 0 aliphatic carbocycles. The average molecular weight is 414 g/mol. The van der Waals surface area contributed by atoms with E-state index in [0.717, 1.165) is 11.8 Å². The van der Waals surface area contributed by atoms with Crippen LogP contribution in [0.15, 0.2) is 58.7 Å². The number of carbonyl (C=O) groups excluding carboxylic acids is 2. The Bertz CT molecular complexity index is 976. The molecule has 9 heteroatoms. The van der Waals surface area contributed by atoms with Gasteiger partial charge in [0.2, 0.25) is 11.8 Å². The second-order valence-corrected chi connectivity index (χ2v) is 7.37. The van der Waals surface area contributed by atoms with E-state index in [1.54, 1.807) is 50.4 Å². The maximum atomic E-state index is 13.0. The molecule has 1 heterocycles. The van der Waals surface area contributed by atoms with E-state index in [1.807, 2.05) is 0 Å². The lowest BCUT2D eigenvalue weighted by atomic mass is 10.1. The van der Waals surface area contributed by atoms with Crippen LogP contribution in [0, 0.1) is 5.82 Å². The first-order valence-electron chi connectivity index (χ1n) is 8.74. The number of carbonyl (C=O) groups is 2. The van der Waals surface area contributed by atoms with Crippen molar-refractivity contribution in [1.82, 2.24) is 5.32 Å². The van der Waals surface area contributed by atoms with Gasteiger partial charge >= 0.3 is 0 Å². The predicted molar refractivity (Wildman–Crippen MR) is 112 cm³/mol. The number of amides is 2. The van der Waals surface area contributed by atoms with E-state index in [0.29, 0.717) is 22.7 Å². The van der Waals surface area contributed by atoms with Crippen LogP contribution in [0.3, 0.4) is 0 Å². The minimum absolute atomic E-state index is 0.0279. The van der Waals surface area contributed by atoms with Gasteiger partial charge in [-0.1, -0.05) is 30.0 Å². The molecule has 2 N–H and O–H groups in total. The number of benzene rings is 2. The maximum absolute atomic E-state index is 13.0. The molecule has 1 fully saturated rings. The highest BCUT2D eigenvalue weighted by atomic mass is 32.2. The fraction of sp³-hybridized carbons (Fsp3) is 0.200. The number of thioether (sulfide) groups is 1. The van der Waals surface area contributed by atoms with Crippen molar-refractivity contribution in [2.75, 3.05) is 12.4 Å². The van der Waals surface area contributed by atoms with E-state index < -0.39 is 5.25 Å². The Balaban J connectivity index is 1.69. The van der Waals surface area contributed by atoms with Gasteiger partial charge in [0.15, 0.2) is 5.17 Å². The van der Waals surface area contributed by atoms with Crippen LogP contribution in [0.4, 0.5) is 10.1 Å². The third-order valence-electron chi connectivity index (χ3n) is 4.05. The molecule has 2 amide bonds. The predicted octanol–water partition coefficient (Wildman–Crippen LogP) is 3.17. The summed E-state index contributed by atoms with van der Waals surface area (Å²) in [6, 6.07) is 12.8. The van der Waals surface area contributed by atoms with Gasteiger partial charge in [0.1, 0.15) is 16.8 Å². The number of anilines is 1. The summed E-state index contributed by atoms with van der Waals surface area (Å²) in [7, 11) is 1.54. The van der Waals surface area contributed by atoms with Crippen molar-refractivity contribution in [2.45, 2.75) is 18.6 Å². The summed E-state index contributed by atoms with van der Waals surface area (Å²) in [5.41, 5.74) is 1.83. The van der Waals surface area contributed by atoms with Crippen molar-refractivity contribution in [3.05, 3.63) is 59.9 Å². The molecule has 150 valence electrons. The first kappa shape index (κ1) is 20.5. The summed E-state index contributed by atoms with van der Waals surface area (Å²) in [6.45, 7) is 1.72. The Kier molecular flexibility index (Phi) is 6.61. The summed E-state index contributed by atoms with van der Waals surface area (Å²) < 4.78 is 18.2. The molecule has 1 atom stereocenters. The van der Waals surface area contributed by atoms with Gasteiger partial charge in [-0.25, -0.2) is 4.39 Å². The average Bonchev–Trinajstić information content (AvgIpc) is 2.72. The van der Waals surface area contributed by atoms with E-state index in [1.165, 1.54) is 12.1 Å². The number of nitrogens with one attached hydrogen (secondary N) is 2. The Morgan fingerprint density at radius 2 is 2.03 bits per heavy atom. The largest absolute Gasteiger partial charge is 0.497 e. The Morgan fingerprint density at radius 1 is 1.28 bits per heavy atom. The number of ether oxygens (including phenoxy) is 1. The van der Waals surface area contributed by atoms with Crippen molar-refractivity contribution in [3.63, 3.8) is 0 Å². The number of hydrogen-bond acceptors (Lipinski definition) is 6. The molecule has 0 spiro atoms. The molecule has 1 aliphatic rings. The smallest absolute Gasteiger partial charge is 0.238 e. The van der Waals surface area contributed by atoms with Gasteiger partial charge in [-0.3, -0.25) is 9.59 Å². The summed E-state index contributed by atoms with van der Waals surface area (Å²) in [6.07, 6.45) is 0.0279. The summed E-state index contributed by atoms with van der Waals surface area (Å²) in [5.74, 6) is -0.356. The van der Waals surface area contributed by atoms with Crippen molar-refractivity contribution in [1.29, 1.82) is 0 Å². The lowest BCUT2D eigenvalue weighted by Crippen LogP contribution is -2.41. The van der Waals surface area contributed by atoms with E-state index in [4.69, 9.17) is 4.74 Å². The fourth-order valence-electron chi connectivity index (χ4n) is 2.53. The minimum Gasteiger partial charge on any atom is -0.497 e. The molecule has 7 nitrogen and oxygen atoms in total. The van der Waals surface area contributed by atoms with Gasteiger partial charge in [0.05, 0.1) is 12.8 Å². The number of rotatable bonds is 5. The molecule has 3 rings (SSSR count). The normalized spacial score (nSPS) is 18.3. The number of amidine groups is 1. The van der Waals surface area contributed by atoms with Gasteiger partial charge in [0.25, 0.3) is 0 Å². The third kappa shape index (κ3) is 5.64. The molecule has 1 aliphatic heterocycles. The maximum Gasteiger partial charge on any atom is 0.238 e. The molecule has 1 saturated heterocycles. The Morgan fingerprint density at radius 3 is 2.76 bits per heavy atom. The zero-order valence-electron chi connectivity index (χ0n) is 15.8. The molecular weight excluding hydrogens is 395 g/mol. The van der Waals surface area contributed by atoms with E-state index in [2.05, 4.69) is 20.8 Å². The monoisotopic (exact) mass is 414 g/mol. The lowest BCUT2D eigenvalue weighted by Gasteiger charge is -2.21. The highest BCUT2D eigenvalue weighted by Gasteiger charge is 2.30. The molecule has 0 aromatic heterocycles. The number of methoxy groups -OCH3 is 1. The van der Waals surface area contributed by atoms with E-state index in [-0.39, 0.29) is 29.2 Å². The molecule has 0 saturated carbocycles. The first-order valence-corrected chi connectivity index (χ1v) is 9.62. The van der Waals surface area contributed by atoms with Gasteiger partial charge in [-0.2, -0.15) is 5.10 Å². The van der Waals surface area contributed by atoms with Crippen molar-refractivity contribution in [3.8, 4) is 5.75 Å². The van der Waals surface area contributed by atoms with Crippen LogP contribution in [-0.4, -0.2) is 35.1 Å². The van der Waals surface area contributed by atoms with Crippen LogP contribution in [0.5, 0.6) is 5.75 Å². The van der Waals surface area contributed by atoms with Gasteiger partial charge in [-0.15, -0.1) is 5.10 Å². The zero-order chi connectivity index (χ0) is 20.8. The molecule has 0 unspecified atom stereocenters. The van der Waals surface area contributed by atoms with Crippen LogP contribution in [-0.2, 0) is 9.59 Å². The van der Waals surface area contributed by atoms with Gasteiger partial charge in [-0.05, 0) is 36.8 Å². The Hall–Kier alpha value is -3.20. The Labute approximate surface area is 171 Å². The van der Waals surface area contributed by atoms with E-state index >= 15 is 0 Å². The van der Waals surface area contributed by atoms with Crippen molar-refractivity contribution < 1.29 is 18.7 Å². The van der Waals surface area contributed by atoms with Gasteiger partial charge < -0.3 is 15.4 Å².